The van der Waals surface area contributed by atoms with Gasteiger partial charge in [-0.2, -0.15) is 0 Å². The molecule has 71 heavy (non-hydrogen) atoms. The van der Waals surface area contributed by atoms with Crippen molar-refractivity contribution in [2.45, 2.75) is 284 Å². The second kappa shape index (κ2) is 58.9. The molecule has 0 N–H and O–H groups in total. The van der Waals surface area contributed by atoms with Gasteiger partial charge in [0.1, 0.15) is 13.2 Å². The van der Waals surface area contributed by atoms with Gasteiger partial charge in [-0.3, -0.25) is 14.4 Å². The Labute approximate surface area is 438 Å². The molecule has 406 valence electrons. The number of rotatable bonds is 53. The Morgan fingerprint density at radius 1 is 0.296 bits per heavy atom. The molecule has 0 aromatic rings. The third-order valence-electron chi connectivity index (χ3n) is 12.6. The maximum Gasteiger partial charge on any atom is 0.306 e. The van der Waals surface area contributed by atoms with Crippen molar-refractivity contribution < 1.29 is 28.6 Å². The average molecular weight is 988 g/mol. The van der Waals surface area contributed by atoms with E-state index >= 15 is 0 Å². The van der Waals surface area contributed by atoms with Crippen molar-refractivity contribution in [3.05, 3.63) is 97.2 Å². The Morgan fingerprint density at radius 3 is 0.887 bits per heavy atom. The summed E-state index contributed by atoms with van der Waals surface area (Å²) in [5, 5.41) is 0. The van der Waals surface area contributed by atoms with Crippen LogP contribution in [0.2, 0.25) is 0 Å². The van der Waals surface area contributed by atoms with Crippen LogP contribution in [0.25, 0.3) is 0 Å². The van der Waals surface area contributed by atoms with E-state index in [9.17, 15) is 14.4 Å². The number of ether oxygens (including phenoxy) is 3. The van der Waals surface area contributed by atoms with E-state index in [0.29, 0.717) is 19.3 Å². The summed E-state index contributed by atoms with van der Waals surface area (Å²) in [5.74, 6) is -0.936. The van der Waals surface area contributed by atoms with E-state index in [0.717, 1.165) is 116 Å². The lowest BCUT2D eigenvalue weighted by Crippen LogP contribution is -2.30. The van der Waals surface area contributed by atoms with Gasteiger partial charge in [0.25, 0.3) is 0 Å². The zero-order chi connectivity index (χ0) is 51.4. The molecule has 1 atom stereocenters. The van der Waals surface area contributed by atoms with E-state index in [1.807, 2.05) is 0 Å². The average Bonchev–Trinajstić information content (AvgIpc) is 3.37. The molecular weight excluding hydrogens is 877 g/mol. The normalized spacial score (nSPS) is 12.8. The fourth-order valence-electron chi connectivity index (χ4n) is 8.19. The maximum atomic E-state index is 12.9. The van der Waals surface area contributed by atoms with E-state index in [1.54, 1.807) is 0 Å². The molecule has 0 saturated carbocycles. The summed E-state index contributed by atoms with van der Waals surface area (Å²) in [5.41, 5.74) is 0. The van der Waals surface area contributed by atoms with Crippen molar-refractivity contribution in [3.8, 4) is 0 Å². The molecule has 0 amide bonds. The molecule has 0 aliphatic carbocycles. The SMILES string of the molecule is CC/C=C\C/C=C\C/C=C\C/C=C\CCCCCCCCCCC(=O)OCC(COC(=O)CCCC/C=C\C/C=C\C/C=C\C/C=C\CC)OC(=O)CCCCCCCCCCCCCCCCCCC. The quantitative estimate of drug-likeness (QED) is 0.0261. The van der Waals surface area contributed by atoms with Gasteiger partial charge in [0.2, 0.25) is 0 Å². The van der Waals surface area contributed by atoms with Crippen molar-refractivity contribution >= 4 is 17.9 Å². The highest BCUT2D eigenvalue weighted by molar-refractivity contribution is 5.71. The van der Waals surface area contributed by atoms with Crippen LogP contribution in [0.1, 0.15) is 278 Å². The van der Waals surface area contributed by atoms with Crippen LogP contribution in [0.5, 0.6) is 0 Å². The molecule has 0 saturated heterocycles. The molecular formula is C65H110O6. The molecule has 0 radical (unpaired) electrons. The molecule has 0 aromatic heterocycles. The Kier molecular flexibility index (Phi) is 55.9. The van der Waals surface area contributed by atoms with Gasteiger partial charge >= 0.3 is 17.9 Å². The Balaban J connectivity index is 4.42. The van der Waals surface area contributed by atoms with E-state index in [2.05, 4.69) is 118 Å². The summed E-state index contributed by atoms with van der Waals surface area (Å²) in [4.78, 5) is 38.2. The van der Waals surface area contributed by atoms with Gasteiger partial charge in [0.15, 0.2) is 6.10 Å². The van der Waals surface area contributed by atoms with Crippen LogP contribution in [-0.2, 0) is 28.6 Å². The standard InChI is InChI=1S/C65H110O6/c1-4-7-10-13-16-19-22-25-28-30-31-32-33-35-37-40-43-46-49-52-55-58-64(67)70-61-62(60-69-63(66)57-54-51-48-45-42-39-36-27-24-21-18-15-12-9-6-3)71-65(68)59-56-53-50-47-44-41-38-34-29-26-23-20-17-14-11-8-5-2/h7,9-10,12,16,18-19,21,25,27-28,31-32,36,42,45,62H,4-6,8,11,13-15,17,20,22-24,26,29-30,33-35,37-41,43-44,46-61H2,1-3H3/b10-7-,12-9-,19-16-,21-18-,28-25-,32-31-,36-27-,45-42-. The third-order valence-corrected chi connectivity index (χ3v) is 12.6. The van der Waals surface area contributed by atoms with Crippen LogP contribution in [0, 0.1) is 0 Å². The van der Waals surface area contributed by atoms with E-state index in [1.165, 1.54) is 122 Å². The first-order valence-corrected chi connectivity index (χ1v) is 29.7. The second-order valence-corrected chi connectivity index (χ2v) is 19.5. The molecule has 6 nitrogen and oxygen atoms in total. The van der Waals surface area contributed by atoms with Crippen LogP contribution < -0.4 is 0 Å². The number of allylic oxidation sites excluding steroid dienone is 16. The number of esters is 3. The van der Waals surface area contributed by atoms with Crippen molar-refractivity contribution in [2.75, 3.05) is 13.2 Å². The summed E-state index contributed by atoms with van der Waals surface area (Å²) in [7, 11) is 0. The van der Waals surface area contributed by atoms with Gasteiger partial charge in [0.05, 0.1) is 0 Å². The van der Waals surface area contributed by atoms with E-state index < -0.39 is 6.10 Å². The number of carbonyl (C=O) groups is 3. The van der Waals surface area contributed by atoms with Gasteiger partial charge in [0, 0.05) is 19.3 Å². The van der Waals surface area contributed by atoms with Crippen LogP contribution in [-0.4, -0.2) is 37.2 Å². The highest BCUT2D eigenvalue weighted by atomic mass is 16.6. The molecule has 0 spiro atoms. The number of unbranched alkanes of at least 4 members (excludes halogenated alkanes) is 26. The monoisotopic (exact) mass is 987 g/mol. The van der Waals surface area contributed by atoms with E-state index in [-0.39, 0.29) is 31.1 Å². The highest BCUT2D eigenvalue weighted by Crippen LogP contribution is 2.16. The van der Waals surface area contributed by atoms with Gasteiger partial charge < -0.3 is 14.2 Å². The molecule has 0 heterocycles. The van der Waals surface area contributed by atoms with Crippen molar-refractivity contribution in [1.82, 2.24) is 0 Å². The largest absolute Gasteiger partial charge is 0.462 e. The molecule has 0 aromatic carbocycles. The van der Waals surface area contributed by atoms with Gasteiger partial charge in [-0.1, -0.05) is 259 Å². The summed E-state index contributed by atoms with van der Waals surface area (Å²) >= 11 is 0. The zero-order valence-electron chi connectivity index (χ0n) is 46.5. The first kappa shape index (κ1) is 67.3. The lowest BCUT2D eigenvalue weighted by molar-refractivity contribution is -0.167. The van der Waals surface area contributed by atoms with E-state index in [4.69, 9.17) is 14.2 Å². The Bertz CT molecular complexity index is 1410. The Morgan fingerprint density at radius 2 is 0.549 bits per heavy atom. The summed E-state index contributed by atoms with van der Waals surface area (Å²) in [6.07, 6.45) is 78.3. The number of hydrogen-bond acceptors (Lipinski definition) is 6. The zero-order valence-corrected chi connectivity index (χ0v) is 46.5. The first-order chi connectivity index (χ1) is 35.0. The van der Waals surface area contributed by atoms with Crippen LogP contribution in [0.3, 0.4) is 0 Å². The predicted octanol–water partition coefficient (Wildman–Crippen LogP) is 20.1. The Hall–Kier alpha value is -3.67. The molecule has 0 fully saturated rings. The van der Waals surface area contributed by atoms with Crippen molar-refractivity contribution in [1.29, 1.82) is 0 Å². The van der Waals surface area contributed by atoms with Gasteiger partial charge in [-0.15, -0.1) is 0 Å². The molecule has 1 unspecified atom stereocenters. The lowest BCUT2D eigenvalue weighted by Gasteiger charge is -2.18. The minimum absolute atomic E-state index is 0.0936. The predicted molar refractivity (Wildman–Crippen MR) is 307 cm³/mol. The summed E-state index contributed by atoms with van der Waals surface area (Å²) in [6.45, 7) is 6.39. The molecule has 0 bridgehead atoms. The lowest BCUT2D eigenvalue weighted by atomic mass is 10.0. The van der Waals surface area contributed by atoms with Crippen LogP contribution in [0.15, 0.2) is 97.2 Å². The fourth-order valence-corrected chi connectivity index (χ4v) is 8.19. The second-order valence-electron chi connectivity index (χ2n) is 19.5. The van der Waals surface area contributed by atoms with Crippen LogP contribution in [0.4, 0.5) is 0 Å². The minimum atomic E-state index is -0.798. The number of hydrogen-bond donors (Lipinski definition) is 0. The van der Waals surface area contributed by atoms with Gasteiger partial charge in [-0.05, 0) is 96.3 Å². The topological polar surface area (TPSA) is 78.9 Å². The smallest absolute Gasteiger partial charge is 0.306 e. The first-order valence-electron chi connectivity index (χ1n) is 29.7. The minimum Gasteiger partial charge on any atom is -0.462 e. The molecule has 6 heteroatoms. The number of carbonyl (C=O) groups excluding carboxylic acids is 3. The summed E-state index contributed by atoms with van der Waals surface area (Å²) in [6, 6.07) is 0. The maximum absolute atomic E-state index is 12.9. The third kappa shape index (κ3) is 57.1. The van der Waals surface area contributed by atoms with Gasteiger partial charge in [-0.25, -0.2) is 0 Å². The van der Waals surface area contributed by atoms with Crippen molar-refractivity contribution in [3.63, 3.8) is 0 Å². The molecule has 0 rings (SSSR count). The van der Waals surface area contributed by atoms with Crippen LogP contribution >= 0.6 is 0 Å². The molecule has 0 aliphatic heterocycles. The summed E-state index contributed by atoms with van der Waals surface area (Å²) < 4.78 is 16.9. The van der Waals surface area contributed by atoms with Crippen molar-refractivity contribution in [2.24, 2.45) is 0 Å². The highest BCUT2D eigenvalue weighted by Gasteiger charge is 2.19. The molecule has 0 aliphatic rings. The fraction of sp³-hybridized carbons (Fsp3) is 0.708.